The van der Waals surface area contributed by atoms with Crippen molar-refractivity contribution in [3.8, 4) is 0 Å². The van der Waals surface area contributed by atoms with Gasteiger partial charge in [0, 0.05) is 59.3 Å². The Labute approximate surface area is 315 Å². The molecule has 1 heterocycles. The number of hydrogen-bond donors (Lipinski definition) is 3. The first kappa shape index (κ1) is 47.3. The van der Waals surface area contributed by atoms with Gasteiger partial charge in [0.1, 0.15) is 0 Å². The van der Waals surface area contributed by atoms with Gasteiger partial charge in [0.25, 0.3) is 0 Å². The third-order valence-corrected chi connectivity index (χ3v) is 9.31. The number of nitrogens with one attached hydrogen (secondary N) is 3. The average molecular weight is 721 g/mol. The number of ether oxygens (including phenoxy) is 3. The Kier molecular flexibility index (Phi) is 36.6. The molecule has 9 nitrogen and oxygen atoms in total. The smallest absolute Gasteiger partial charge is 0.229 e. The summed E-state index contributed by atoms with van der Waals surface area (Å²) in [6, 6.07) is 0. The van der Waals surface area contributed by atoms with Gasteiger partial charge in [-0.25, -0.2) is 0 Å². The highest BCUT2D eigenvalue weighted by Gasteiger charge is 2.07. The van der Waals surface area contributed by atoms with Crippen LogP contribution in [-0.4, -0.2) is 74.2 Å². The van der Waals surface area contributed by atoms with Crippen molar-refractivity contribution in [1.29, 1.82) is 0 Å². The number of unbranched alkanes of at least 4 members (excludes halogenated alkanes) is 21. The molecule has 0 aliphatic heterocycles. The van der Waals surface area contributed by atoms with Crippen LogP contribution in [0, 0.1) is 0 Å². The maximum Gasteiger partial charge on any atom is 0.229 e. The van der Waals surface area contributed by atoms with Crippen molar-refractivity contribution >= 4 is 17.8 Å². The first-order valence-corrected chi connectivity index (χ1v) is 22.0. The van der Waals surface area contributed by atoms with Gasteiger partial charge in [-0.2, -0.15) is 15.0 Å². The lowest BCUT2D eigenvalue weighted by Gasteiger charge is -2.12. The Balaban J connectivity index is 2.30. The van der Waals surface area contributed by atoms with Crippen molar-refractivity contribution in [2.45, 2.75) is 194 Å². The van der Waals surface area contributed by atoms with Gasteiger partial charge >= 0.3 is 0 Å². The van der Waals surface area contributed by atoms with Crippen LogP contribution in [-0.2, 0) is 14.2 Å². The second-order valence-electron chi connectivity index (χ2n) is 14.4. The molecule has 9 heteroatoms. The molecule has 0 aliphatic rings. The Morgan fingerprint density at radius 3 is 0.765 bits per heavy atom. The van der Waals surface area contributed by atoms with Gasteiger partial charge in [0.15, 0.2) is 0 Å². The van der Waals surface area contributed by atoms with Crippen molar-refractivity contribution in [3.63, 3.8) is 0 Å². The molecule has 0 bridgehead atoms. The van der Waals surface area contributed by atoms with Gasteiger partial charge in [-0.3, -0.25) is 0 Å². The molecular weight excluding hydrogens is 637 g/mol. The third kappa shape index (κ3) is 33.8. The van der Waals surface area contributed by atoms with Crippen LogP contribution in [0.15, 0.2) is 0 Å². The largest absolute Gasteiger partial charge is 0.381 e. The van der Waals surface area contributed by atoms with E-state index in [1.807, 2.05) is 0 Å². The van der Waals surface area contributed by atoms with E-state index in [-0.39, 0.29) is 0 Å². The highest BCUT2D eigenvalue weighted by Crippen LogP contribution is 2.12. The van der Waals surface area contributed by atoms with Crippen LogP contribution in [0.4, 0.5) is 17.8 Å². The van der Waals surface area contributed by atoms with E-state index < -0.39 is 0 Å². The summed E-state index contributed by atoms with van der Waals surface area (Å²) < 4.78 is 17.7. The third-order valence-electron chi connectivity index (χ3n) is 9.31. The Hall–Kier alpha value is -1.71. The van der Waals surface area contributed by atoms with Crippen molar-refractivity contribution in [2.75, 3.05) is 75.2 Å². The quantitative estimate of drug-likeness (QED) is 0.0569. The second kappa shape index (κ2) is 39.5. The zero-order valence-corrected chi connectivity index (χ0v) is 34.0. The average Bonchev–Trinajstić information content (AvgIpc) is 3.14. The summed E-state index contributed by atoms with van der Waals surface area (Å²) in [6.45, 7) is 13.9. The van der Waals surface area contributed by atoms with E-state index in [1.165, 1.54) is 135 Å². The van der Waals surface area contributed by atoms with E-state index in [9.17, 15) is 0 Å². The molecule has 0 saturated carbocycles. The van der Waals surface area contributed by atoms with Gasteiger partial charge in [0.2, 0.25) is 17.8 Å². The van der Waals surface area contributed by atoms with Crippen molar-refractivity contribution in [3.05, 3.63) is 0 Å². The van der Waals surface area contributed by atoms with Crippen LogP contribution in [0.3, 0.4) is 0 Å². The van der Waals surface area contributed by atoms with E-state index in [1.54, 1.807) is 0 Å². The highest BCUT2D eigenvalue weighted by molar-refractivity contribution is 5.42. The van der Waals surface area contributed by atoms with Crippen LogP contribution >= 0.6 is 0 Å². The summed E-state index contributed by atoms with van der Waals surface area (Å²) in [5, 5.41) is 10.2. The molecule has 300 valence electrons. The number of rotatable bonds is 42. The number of nitrogens with zero attached hydrogens (tertiary/aromatic N) is 3. The molecule has 0 amide bonds. The second-order valence-corrected chi connectivity index (χ2v) is 14.4. The summed E-state index contributed by atoms with van der Waals surface area (Å²) in [5.74, 6) is 1.78. The van der Waals surface area contributed by atoms with Crippen LogP contribution in [0.1, 0.15) is 194 Å². The predicted molar refractivity (Wildman–Crippen MR) is 219 cm³/mol. The molecule has 0 spiro atoms. The fourth-order valence-corrected chi connectivity index (χ4v) is 6.06. The van der Waals surface area contributed by atoms with E-state index in [0.29, 0.717) is 17.8 Å². The molecule has 0 aromatic carbocycles. The van der Waals surface area contributed by atoms with Gasteiger partial charge in [-0.15, -0.1) is 0 Å². The molecule has 0 saturated heterocycles. The Morgan fingerprint density at radius 1 is 0.294 bits per heavy atom. The van der Waals surface area contributed by atoms with Crippen LogP contribution < -0.4 is 16.0 Å². The van der Waals surface area contributed by atoms with Gasteiger partial charge in [-0.05, 0) is 38.5 Å². The Bertz CT molecular complexity index is 717. The number of hydrogen-bond acceptors (Lipinski definition) is 9. The topological polar surface area (TPSA) is 102 Å². The summed E-state index contributed by atoms with van der Waals surface area (Å²) >= 11 is 0. The lowest BCUT2D eigenvalue weighted by Crippen LogP contribution is -2.16. The monoisotopic (exact) mass is 721 g/mol. The first-order valence-electron chi connectivity index (χ1n) is 22.0. The summed E-state index contributed by atoms with van der Waals surface area (Å²) in [7, 11) is 0. The van der Waals surface area contributed by atoms with Crippen molar-refractivity contribution in [2.24, 2.45) is 0 Å². The van der Waals surface area contributed by atoms with E-state index in [2.05, 4.69) is 51.7 Å². The van der Waals surface area contributed by atoms with E-state index >= 15 is 0 Å². The molecule has 0 aliphatic carbocycles. The zero-order valence-electron chi connectivity index (χ0n) is 34.0. The van der Waals surface area contributed by atoms with Gasteiger partial charge in [0.05, 0.1) is 0 Å². The van der Waals surface area contributed by atoms with E-state index in [4.69, 9.17) is 14.2 Å². The highest BCUT2D eigenvalue weighted by atomic mass is 16.5. The maximum absolute atomic E-state index is 5.88. The fraction of sp³-hybridized carbons (Fsp3) is 0.929. The van der Waals surface area contributed by atoms with E-state index in [0.717, 1.165) is 97.8 Å². The molecule has 3 N–H and O–H groups in total. The Morgan fingerprint density at radius 2 is 0.510 bits per heavy atom. The van der Waals surface area contributed by atoms with Crippen LogP contribution in [0.5, 0.6) is 0 Å². The van der Waals surface area contributed by atoms with Gasteiger partial charge < -0.3 is 30.2 Å². The normalized spacial score (nSPS) is 11.4. The minimum atomic E-state index is 0.593. The number of aromatic nitrogens is 3. The molecule has 0 fully saturated rings. The summed E-state index contributed by atoms with van der Waals surface area (Å²) in [6.07, 6.45) is 34.5. The number of anilines is 3. The zero-order chi connectivity index (χ0) is 36.6. The van der Waals surface area contributed by atoms with Crippen LogP contribution in [0.2, 0.25) is 0 Å². The standard InChI is InChI=1S/C42H84N6O3/c1-4-7-10-13-16-19-22-25-34-49-37-28-31-43-40-46-41(44-32-29-38-50-35-26-23-20-17-14-11-8-5-2)48-42(47-40)45-33-30-39-51-36-27-24-21-18-15-12-9-6-3/h4-39H2,1-3H3,(H3,43,44,45,46,47,48). The molecule has 1 rings (SSSR count). The summed E-state index contributed by atoms with van der Waals surface area (Å²) in [5.41, 5.74) is 0. The SMILES string of the molecule is CCCCCCCCCCOCCCNc1nc(NCCCOCCCCCCCCCC)nc(NCCCOCCCCCCCCCC)n1. The fourth-order valence-electron chi connectivity index (χ4n) is 6.06. The molecule has 1 aromatic rings. The molecule has 0 unspecified atom stereocenters. The molecule has 1 aromatic heterocycles. The summed E-state index contributed by atoms with van der Waals surface area (Å²) in [4.78, 5) is 13.9. The van der Waals surface area contributed by atoms with Crippen LogP contribution in [0.25, 0.3) is 0 Å². The van der Waals surface area contributed by atoms with Crippen molar-refractivity contribution < 1.29 is 14.2 Å². The predicted octanol–water partition coefficient (Wildman–Crippen LogP) is 11.7. The molecule has 51 heavy (non-hydrogen) atoms. The minimum Gasteiger partial charge on any atom is -0.381 e. The van der Waals surface area contributed by atoms with Crippen molar-refractivity contribution in [1.82, 2.24) is 15.0 Å². The lowest BCUT2D eigenvalue weighted by molar-refractivity contribution is 0.129. The molecule has 0 radical (unpaired) electrons. The first-order chi connectivity index (χ1) is 25.3. The molecule has 0 atom stereocenters. The van der Waals surface area contributed by atoms with Gasteiger partial charge in [-0.1, -0.05) is 156 Å². The minimum absolute atomic E-state index is 0.593. The maximum atomic E-state index is 5.88. The lowest BCUT2D eigenvalue weighted by atomic mass is 10.1. The molecular formula is C42H84N6O3.